The molecule has 0 saturated heterocycles. The summed E-state index contributed by atoms with van der Waals surface area (Å²) in [5.41, 5.74) is 4.09. The maximum atomic E-state index is 12.3. The normalized spacial score (nSPS) is 23.2. The molecule has 1 aromatic rings. The quantitative estimate of drug-likeness (QED) is 0.669. The van der Waals surface area contributed by atoms with E-state index in [9.17, 15) is 4.79 Å². The topological polar surface area (TPSA) is 69.2 Å². The van der Waals surface area contributed by atoms with Crippen LogP contribution in [-0.2, 0) is 0 Å². The molecule has 1 N–H and O–H groups in total. The van der Waals surface area contributed by atoms with Crippen LogP contribution in [0.15, 0.2) is 29.4 Å². The number of hydrogen-bond donors (Lipinski definition) is 1. The van der Waals surface area contributed by atoms with E-state index in [-0.39, 0.29) is 5.91 Å². The first kappa shape index (κ1) is 15.4. The average molecular weight is 316 g/mol. The molecule has 23 heavy (non-hydrogen) atoms. The smallest absolute Gasteiger partial charge is 0.271 e. The van der Waals surface area contributed by atoms with Crippen molar-refractivity contribution in [3.63, 3.8) is 0 Å². The number of ether oxygens (including phenoxy) is 3. The minimum atomic E-state index is -0.300. The number of carbonyl (C=O) groups is 1. The van der Waals surface area contributed by atoms with Crippen molar-refractivity contribution in [2.24, 2.45) is 16.9 Å². The molecule has 0 aliphatic heterocycles. The Morgan fingerprint density at radius 1 is 1.17 bits per heavy atom. The van der Waals surface area contributed by atoms with Crippen molar-refractivity contribution in [2.45, 2.75) is 12.8 Å². The van der Waals surface area contributed by atoms with E-state index in [0.29, 0.717) is 34.6 Å². The van der Waals surface area contributed by atoms with Gasteiger partial charge in [0.25, 0.3) is 5.91 Å². The van der Waals surface area contributed by atoms with Crippen LogP contribution in [0, 0.1) is 11.8 Å². The number of allylic oxidation sites excluding steroid dienone is 2. The van der Waals surface area contributed by atoms with Crippen molar-refractivity contribution in [1.29, 1.82) is 0 Å². The molecule has 0 radical (unpaired) electrons. The molecular weight excluding hydrogens is 296 g/mol. The van der Waals surface area contributed by atoms with Crippen LogP contribution in [0.5, 0.6) is 17.2 Å². The van der Waals surface area contributed by atoms with Gasteiger partial charge >= 0.3 is 0 Å². The molecule has 2 aliphatic carbocycles. The SMILES string of the molecule is COc1cc(C(=O)N/N=C2\CC3C=CCC23)cc(OC)c1OC. The Morgan fingerprint density at radius 3 is 2.43 bits per heavy atom. The van der Waals surface area contributed by atoms with E-state index in [1.165, 1.54) is 21.3 Å². The van der Waals surface area contributed by atoms with E-state index in [1.54, 1.807) is 12.1 Å². The number of hydrogen-bond acceptors (Lipinski definition) is 5. The van der Waals surface area contributed by atoms with Crippen molar-refractivity contribution in [3.05, 3.63) is 29.8 Å². The highest BCUT2D eigenvalue weighted by Gasteiger charge is 2.38. The number of fused-ring (bicyclic) bond motifs is 1. The minimum Gasteiger partial charge on any atom is -0.493 e. The molecule has 6 nitrogen and oxygen atoms in total. The number of nitrogens with zero attached hydrogens (tertiary/aromatic N) is 1. The van der Waals surface area contributed by atoms with Crippen LogP contribution >= 0.6 is 0 Å². The van der Waals surface area contributed by atoms with Crippen LogP contribution in [0.4, 0.5) is 0 Å². The Morgan fingerprint density at radius 2 is 1.87 bits per heavy atom. The molecule has 1 fully saturated rings. The molecule has 2 unspecified atom stereocenters. The number of rotatable bonds is 5. The van der Waals surface area contributed by atoms with Gasteiger partial charge in [-0.3, -0.25) is 4.79 Å². The van der Waals surface area contributed by atoms with Crippen LogP contribution in [0.2, 0.25) is 0 Å². The molecule has 3 rings (SSSR count). The largest absolute Gasteiger partial charge is 0.493 e. The highest BCUT2D eigenvalue weighted by molar-refractivity contribution is 5.98. The summed E-state index contributed by atoms with van der Waals surface area (Å²) in [6.45, 7) is 0. The van der Waals surface area contributed by atoms with Crippen LogP contribution in [0.25, 0.3) is 0 Å². The molecule has 0 aromatic heterocycles. The van der Waals surface area contributed by atoms with Crippen molar-refractivity contribution in [1.82, 2.24) is 5.43 Å². The summed E-state index contributed by atoms with van der Waals surface area (Å²) in [5, 5.41) is 4.27. The zero-order valence-corrected chi connectivity index (χ0v) is 13.5. The van der Waals surface area contributed by atoms with E-state index < -0.39 is 0 Å². The van der Waals surface area contributed by atoms with E-state index >= 15 is 0 Å². The van der Waals surface area contributed by atoms with Crippen molar-refractivity contribution in [3.8, 4) is 17.2 Å². The molecular formula is C17H20N2O4. The molecule has 1 aromatic carbocycles. The Bertz CT molecular complexity index is 656. The second-order valence-corrected chi connectivity index (χ2v) is 5.60. The Labute approximate surface area is 135 Å². The summed E-state index contributed by atoms with van der Waals surface area (Å²) in [5.74, 6) is 2.10. The van der Waals surface area contributed by atoms with Gasteiger partial charge < -0.3 is 14.2 Å². The minimum absolute atomic E-state index is 0.300. The second-order valence-electron chi connectivity index (χ2n) is 5.60. The third-order valence-electron chi connectivity index (χ3n) is 4.39. The first-order chi connectivity index (χ1) is 11.2. The monoisotopic (exact) mass is 316 g/mol. The third kappa shape index (κ3) is 2.76. The van der Waals surface area contributed by atoms with Crippen LogP contribution < -0.4 is 19.6 Å². The molecule has 1 saturated carbocycles. The summed E-state index contributed by atoms with van der Waals surface area (Å²) in [7, 11) is 4.55. The molecule has 6 heteroatoms. The molecule has 0 bridgehead atoms. The van der Waals surface area contributed by atoms with E-state index in [0.717, 1.165) is 18.6 Å². The van der Waals surface area contributed by atoms with Crippen molar-refractivity contribution < 1.29 is 19.0 Å². The van der Waals surface area contributed by atoms with Gasteiger partial charge in [-0.25, -0.2) is 5.43 Å². The molecule has 122 valence electrons. The number of hydrazone groups is 1. The second kappa shape index (κ2) is 6.32. The molecule has 2 aliphatic rings. The lowest BCUT2D eigenvalue weighted by molar-refractivity contribution is 0.0953. The fourth-order valence-electron chi connectivity index (χ4n) is 3.06. The standard InChI is InChI=1S/C17H20N2O4/c1-21-14-8-11(9-15(22-2)16(14)23-3)17(20)19-18-13-7-10-5-4-6-12(10)13/h4-5,8-10,12H,6-7H2,1-3H3,(H,19,20)/b18-13+. The van der Waals surface area contributed by atoms with Gasteiger partial charge in [-0.15, -0.1) is 0 Å². The fourth-order valence-corrected chi connectivity index (χ4v) is 3.06. The number of carbonyl (C=O) groups excluding carboxylic acids is 1. The molecule has 1 amide bonds. The van der Waals surface area contributed by atoms with Gasteiger partial charge in [0.1, 0.15) is 0 Å². The summed E-state index contributed by atoms with van der Waals surface area (Å²) < 4.78 is 15.8. The summed E-state index contributed by atoms with van der Waals surface area (Å²) in [4.78, 5) is 12.3. The predicted octanol–water partition coefficient (Wildman–Crippen LogP) is 2.39. The summed E-state index contributed by atoms with van der Waals surface area (Å²) in [6, 6.07) is 3.22. The summed E-state index contributed by atoms with van der Waals surface area (Å²) in [6.07, 6.45) is 6.35. The van der Waals surface area contributed by atoms with Gasteiger partial charge in [0.2, 0.25) is 5.75 Å². The van der Waals surface area contributed by atoms with Crippen molar-refractivity contribution in [2.75, 3.05) is 21.3 Å². The molecule has 2 atom stereocenters. The maximum absolute atomic E-state index is 12.3. The highest BCUT2D eigenvalue weighted by atomic mass is 16.5. The van der Waals surface area contributed by atoms with Gasteiger partial charge in [-0.05, 0) is 30.9 Å². The first-order valence-electron chi connectivity index (χ1n) is 7.51. The lowest BCUT2D eigenvalue weighted by Gasteiger charge is -2.31. The summed E-state index contributed by atoms with van der Waals surface area (Å²) >= 11 is 0. The number of nitrogens with one attached hydrogen (secondary N) is 1. The average Bonchev–Trinajstić information content (AvgIpc) is 2.94. The van der Waals surface area contributed by atoms with Crippen LogP contribution in [0.1, 0.15) is 23.2 Å². The Kier molecular flexibility index (Phi) is 4.23. The maximum Gasteiger partial charge on any atom is 0.271 e. The third-order valence-corrected chi connectivity index (χ3v) is 4.39. The van der Waals surface area contributed by atoms with Crippen LogP contribution in [-0.4, -0.2) is 32.9 Å². The zero-order chi connectivity index (χ0) is 16.4. The van der Waals surface area contributed by atoms with Gasteiger partial charge in [0.05, 0.1) is 21.3 Å². The van der Waals surface area contributed by atoms with E-state index in [4.69, 9.17) is 14.2 Å². The number of methoxy groups -OCH3 is 3. The Hall–Kier alpha value is -2.50. The van der Waals surface area contributed by atoms with Gasteiger partial charge in [0, 0.05) is 17.2 Å². The number of amides is 1. The van der Waals surface area contributed by atoms with Gasteiger partial charge in [0.15, 0.2) is 11.5 Å². The Balaban J connectivity index is 1.76. The van der Waals surface area contributed by atoms with E-state index in [2.05, 4.69) is 22.7 Å². The first-order valence-corrected chi connectivity index (χ1v) is 7.51. The molecule has 0 spiro atoms. The van der Waals surface area contributed by atoms with Crippen LogP contribution in [0.3, 0.4) is 0 Å². The highest BCUT2D eigenvalue weighted by Crippen LogP contribution is 2.40. The lowest BCUT2D eigenvalue weighted by atomic mass is 9.74. The number of benzene rings is 1. The van der Waals surface area contributed by atoms with Gasteiger partial charge in [-0.1, -0.05) is 12.2 Å². The predicted molar refractivity (Wildman–Crippen MR) is 86.4 cm³/mol. The zero-order valence-electron chi connectivity index (χ0n) is 13.5. The molecule has 0 heterocycles. The fraction of sp³-hybridized carbons (Fsp3) is 0.412. The van der Waals surface area contributed by atoms with E-state index in [1.807, 2.05) is 0 Å². The lowest BCUT2D eigenvalue weighted by Crippen LogP contribution is -2.35. The van der Waals surface area contributed by atoms with Crippen molar-refractivity contribution >= 4 is 11.6 Å². The van der Waals surface area contributed by atoms with Gasteiger partial charge in [-0.2, -0.15) is 5.10 Å².